The standard InChI is InChI=1S/C12H14ClF3N2O2S/c1-11(4-5-17-7-11)18-21(19,20)10-6-8(12(14,15)16)2-3-9(10)13/h2-3,6,17-18H,4-5,7H2,1H3. The van der Waals surface area contributed by atoms with E-state index < -0.39 is 32.2 Å². The van der Waals surface area contributed by atoms with Crippen LogP contribution in [0.2, 0.25) is 5.02 Å². The number of hydrogen-bond donors (Lipinski definition) is 2. The van der Waals surface area contributed by atoms with Crippen LogP contribution < -0.4 is 10.0 Å². The Hall–Kier alpha value is -0.830. The van der Waals surface area contributed by atoms with E-state index in [0.29, 0.717) is 25.6 Å². The van der Waals surface area contributed by atoms with E-state index >= 15 is 0 Å². The van der Waals surface area contributed by atoms with Crippen molar-refractivity contribution in [3.05, 3.63) is 28.8 Å². The second-order valence-electron chi connectivity index (χ2n) is 5.24. The summed E-state index contributed by atoms with van der Waals surface area (Å²) >= 11 is 5.76. The second kappa shape index (κ2) is 5.42. The second-order valence-corrected chi connectivity index (χ2v) is 7.29. The van der Waals surface area contributed by atoms with Crippen LogP contribution in [0.3, 0.4) is 0 Å². The van der Waals surface area contributed by atoms with Crippen LogP contribution >= 0.6 is 11.6 Å². The Bertz CT molecular complexity index is 640. The average molecular weight is 343 g/mol. The minimum atomic E-state index is -4.63. The van der Waals surface area contributed by atoms with Gasteiger partial charge in [0, 0.05) is 12.1 Å². The third-order valence-electron chi connectivity index (χ3n) is 3.30. The molecule has 0 amide bonds. The molecule has 1 aliphatic rings. The molecule has 2 rings (SSSR count). The maximum Gasteiger partial charge on any atom is 0.416 e. The molecule has 0 spiro atoms. The summed E-state index contributed by atoms with van der Waals surface area (Å²) in [5.74, 6) is 0. The lowest BCUT2D eigenvalue weighted by atomic mass is 10.0. The van der Waals surface area contributed by atoms with Crippen LogP contribution in [0.25, 0.3) is 0 Å². The van der Waals surface area contributed by atoms with Gasteiger partial charge < -0.3 is 5.32 Å². The van der Waals surface area contributed by atoms with Gasteiger partial charge in [0.1, 0.15) is 4.90 Å². The Kier molecular flexibility index (Phi) is 4.27. The molecule has 0 aliphatic carbocycles. The lowest BCUT2D eigenvalue weighted by Gasteiger charge is -2.24. The smallest absolute Gasteiger partial charge is 0.315 e. The molecular weight excluding hydrogens is 329 g/mol. The zero-order valence-electron chi connectivity index (χ0n) is 11.1. The van der Waals surface area contributed by atoms with Crippen LogP contribution in [0.5, 0.6) is 0 Å². The van der Waals surface area contributed by atoms with E-state index in [1.54, 1.807) is 6.92 Å². The molecule has 4 nitrogen and oxygen atoms in total. The third kappa shape index (κ3) is 3.68. The SMILES string of the molecule is CC1(NS(=O)(=O)c2cc(C(F)(F)F)ccc2Cl)CCNC1. The van der Waals surface area contributed by atoms with Gasteiger partial charge in [-0.3, -0.25) is 0 Å². The van der Waals surface area contributed by atoms with Gasteiger partial charge in [0.25, 0.3) is 0 Å². The molecule has 1 aromatic carbocycles. The van der Waals surface area contributed by atoms with E-state index in [4.69, 9.17) is 11.6 Å². The number of benzene rings is 1. The van der Waals surface area contributed by atoms with Gasteiger partial charge in [0.2, 0.25) is 10.0 Å². The number of nitrogens with one attached hydrogen (secondary N) is 2. The van der Waals surface area contributed by atoms with Crippen molar-refractivity contribution in [3.63, 3.8) is 0 Å². The molecule has 2 N–H and O–H groups in total. The molecule has 118 valence electrons. The first kappa shape index (κ1) is 16.5. The lowest BCUT2D eigenvalue weighted by Crippen LogP contribution is -2.47. The third-order valence-corrected chi connectivity index (χ3v) is 5.42. The minimum absolute atomic E-state index is 0.245. The Morgan fingerprint density at radius 3 is 2.57 bits per heavy atom. The predicted molar refractivity (Wildman–Crippen MR) is 72.7 cm³/mol. The van der Waals surface area contributed by atoms with Crippen LogP contribution in [0.1, 0.15) is 18.9 Å². The fraction of sp³-hybridized carbons (Fsp3) is 0.500. The summed E-state index contributed by atoms with van der Waals surface area (Å²) in [6, 6.07) is 2.24. The van der Waals surface area contributed by atoms with E-state index in [0.717, 1.165) is 12.1 Å². The van der Waals surface area contributed by atoms with Gasteiger partial charge in [-0.25, -0.2) is 13.1 Å². The van der Waals surface area contributed by atoms with Gasteiger partial charge in [0.05, 0.1) is 10.6 Å². The predicted octanol–water partition coefficient (Wildman–Crippen LogP) is 2.39. The van der Waals surface area contributed by atoms with Crippen LogP contribution in [-0.4, -0.2) is 27.0 Å². The number of hydrogen-bond acceptors (Lipinski definition) is 3. The van der Waals surface area contributed by atoms with E-state index in [1.165, 1.54) is 0 Å². The van der Waals surface area contributed by atoms with Gasteiger partial charge in [0.15, 0.2) is 0 Å². The summed E-state index contributed by atoms with van der Waals surface area (Å²) in [6.45, 7) is 2.73. The molecular formula is C12H14ClF3N2O2S. The Labute approximate surface area is 125 Å². The highest BCUT2D eigenvalue weighted by Gasteiger charge is 2.36. The zero-order chi connectivity index (χ0) is 15.9. The molecule has 0 saturated carbocycles. The van der Waals surface area contributed by atoms with Crippen molar-refractivity contribution >= 4 is 21.6 Å². The summed E-state index contributed by atoms with van der Waals surface area (Å²) in [5.41, 5.74) is -1.79. The lowest BCUT2D eigenvalue weighted by molar-refractivity contribution is -0.137. The molecule has 1 saturated heterocycles. The van der Waals surface area contributed by atoms with Gasteiger partial charge in [-0.15, -0.1) is 0 Å². The summed E-state index contributed by atoms with van der Waals surface area (Å²) in [7, 11) is -4.14. The molecule has 1 fully saturated rings. The van der Waals surface area contributed by atoms with Crippen molar-refractivity contribution in [3.8, 4) is 0 Å². The van der Waals surface area contributed by atoms with Crippen LogP contribution in [-0.2, 0) is 16.2 Å². The summed E-state index contributed by atoms with van der Waals surface area (Å²) in [4.78, 5) is -0.563. The fourth-order valence-electron chi connectivity index (χ4n) is 2.17. The summed E-state index contributed by atoms with van der Waals surface area (Å²) in [6.07, 6.45) is -4.09. The van der Waals surface area contributed by atoms with Gasteiger partial charge in [-0.1, -0.05) is 11.6 Å². The first-order chi connectivity index (χ1) is 9.54. The van der Waals surface area contributed by atoms with Gasteiger partial charge in [-0.2, -0.15) is 13.2 Å². The highest BCUT2D eigenvalue weighted by Crippen LogP contribution is 2.33. The van der Waals surface area contributed by atoms with Crippen molar-refractivity contribution < 1.29 is 21.6 Å². The van der Waals surface area contributed by atoms with Crippen molar-refractivity contribution in [2.75, 3.05) is 13.1 Å². The van der Waals surface area contributed by atoms with Crippen molar-refractivity contribution in [1.82, 2.24) is 10.0 Å². The zero-order valence-corrected chi connectivity index (χ0v) is 12.7. The van der Waals surface area contributed by atoms with Crippen molar-refractivity contribution in [2.24, 2.45) is 0 Å². The minimum Gasteiger partial charge on any atom is -0.315 e. The number of sulfonamides is 1. The van der Waals surface area contributed by atoms with E-state index in [9.17, 15) is 21.6 Å². The normalized spacial score (nSPS) is 23.5. The highest BCUT2D eigenvalue weighted by molar-refractivity contribution is 7.89. The van der Waals surface area contributed by atoms with E-state index in [1.807, 2.05) is 0 Å². The molecule has 1 atom stereocenters. The van der Waals surface area contributed by atoms with Crippen LogP contribution in [0, 0.1) is 0 Å². The van der Waals surface area contributed by atoms with Gasteiger partial charge in [-0.05, 0) is 38.1 Å². The number of halogens is 4. The topological polar surface area (TPSA) is 58.2 Å². The average Bonchev–Trinajstić information content (AvgIpc) is 2.73. The quantitative estimate of drug-likeness (QED) is 0.886. The van der Waals surface area contributed by atoms with E-state index in [-0.39, 0.29) is 5.02 Å². The largest absolute Gasteiger partial charge is 0.416 e. The Morgan fingerprint density at radius 2 is 2.05 bits per heavy atom. The number of rotatable bonds is 3. The molecule has 0 bridgehead atoms. The number of alkyl halides is 3. The Morgan fingerprint density at radius 1 is 1.38 bits per heavy atom. The highest BCUT2D eigenvalue weighted by atomic mass is 35.5. The molecule has 1 heterocycles. The maximum absolute atomic E-state index is 12.7. The molecule has 0 aromatic heterocycles. The molecule has 0 radical (unpaired) electrons. The van der Waals surface area contributed by atoms with Crippen molar-refractivity contribution in [1.29, 1.82) is 0 Å². The molecule has 1 aromatic rings. The monoisotopic (exact) mass is 342 g/mol. The molecule has 1 aliphatic heterocycles. The first-order valence-corrected chi connectivity index (χ1v) is 8.01. The molecule has 21 heavy (non-hydrogen) atoms. The van der Waals surface area contributed by atoms with E-state index in [2.05, 4.69) is 10.0 Å². The summed E-state index contributed by atoms with van der Waals surface area (Å²) in [5, 5.41) is 2.75. The Balaban J connectivity index is 2.40. The van der Waals surface area contributed by atoms with Crippen molar-refractivity contribution in [2.45, 2.75) is 30.0 Å². The maximum atomic E-state index is 12.7. The van der Waals surface area contributed by atoms with Crippen LogP contribution in [0.15, 0.2) is 23.1 Å². The molecule has 9 heteroatoms. The van der Waals surface area contributed by atoms with Crippen LogP contribution in [0.4, 0.5) is 13.2 Å². The van der Waals surface area contributed by atoms with Gasteiger partial charge >= 0.3 is 6.18 Å². The fourth-order valence-corrected chi connectivity index (χ4v) is 4.13. The first-order valence-electron chi connectivity index (χ1n) is 6.15. The molecule has 1 unspecified atom stereocenters. The summed E-state index contributed by atoms with van der Waals surface area (Å²) < 4.78 is 65.1.